The Morgan fingerprint density at radius 3 is 2.08 bits per heavy atom. The molecule has 0 unspecified atom stereocenters. The molecule has 12 heavy (non-hydrogen) atoms. The van der Waals surface area contributed by atoms with Gasteiger partial charge in [0, 0.05) is 29.6 Å². The van der Waals surface area contributed by atoms with E-state index >= 15 is 0 Å². The van der Waals surface area contributed by atoms with Gasteiger partial charge < -0.3 is 0 Å². The second-order valence-corrected chi connectivity index (χ2v) is 3.37. The molecule has 1 aromatic carbocycles. The van der Waals surface area contributed by atoms with Crippen molar-refractivity contribution >= 4 is 39.7 Å². The van der Waals surface area contributed by atoms with Gasteiger partial charge in [0.25, 0.3) is 0 Å². The first kappa shape index (κ1) is 12.1. The molecule has 6 heteroatoms. The topological polar surface area (TPSA) is 63.6 Å². The summed E-state index contributed by atoms with van der Waals surface area (Å²) in [5.74, 6) is 0. The summed E-state index contributed by atoms with van der Waals surface area (Å²) in [4.78, 5) is -0.0671. The zero-order valence-electron chi connectivity index (χ0n) is 6.47. The zero-order chi connectivity index (χ0) is 8.32. The van der Waals surface area contributed by atoms with Crippen molar-refractivity contribution in [1.82, 2.24) is 0 Å². The van der Waals surface area contributed by atoms with Gasteiger partial charge in [-0.3, -0.25) is 0 Å². The molecule has 1 radical (unpaired) electrons. The Kier molecular flexibility index (Phi) is 5.00. The van der Waals surface area contributed by atoms with Crippen molar-refractivity contribution in [2.75, 3.05) is 0 Å². The molecule has 0 saturated heterocycles. The minimum absolute atomic E-state index is 0. The molecule has 1 rings (SSSR count). The quantitative estimate of drug-likeness (QED) is 0.425. The van der Waals surface area contributed by atoms with Gasteiger partial charge in [-0.15, -0.1) is 4.33 Å². The molecule has 0 bridgehead atoms. The van der Waals surface area contributed by atoms with Crippen LogP contribution in [-0.4, -0.2) is 43.2 Å². The van der Waals surface area contributed by atoms with Crippen molar-refractivity contribution in [2.45, 2.75) is 4.90 Å². The molecule has 0 spiro atoms. The SMILES string of the molecule is O=S(=O)(OO)c1ccccc1.[Na]. The smallest absolute Gasteiger partial charge is 0.235 e. The van der Waals surface area contributed by atoms with Gasteiger partial charge in [-0.2, -0.15) is 8.42 Å². The van der Waals surface area contributed by atoms with E-state index in [-0.39, 0.29) is 34.5 Å². The van der Waals surface area contributed by atoms with Crippen LogP contribution in [0.4, 0.5) is 0 Å². The van der Waals surface area contributed by atoms with Crippen molar-refractivity contribution in [2.24, 2.45) is 0 Å². The molecule has 0 aliphatic rings. The normalized spacial score (nSPS) is 10.4. The summed E-state index contributed by atoms with van der Waals surface area (Å²) < 4.78 is 24.8. The molecular formula is C6H6NaO4S. The first-order chi connectivity index (χ1) is 5.17. The van der Waals surface area contributed by atoms with Crippen molar-refractivity contribution < 1.29 is 18.0 Å². The van der Waals surface area contributed by atoms with E-state index in [1.165, 1.54) is 24.3 Å². The van der Waals surface area contributed by atoms with E-state index in [0.717, 1.165) is 0 Å². The maximum Gasteiger partial charge on any atom is 0.323 e. The molecule has 0 aliphatic heterocycles. The van der Waals surface area contributed by atoms with Gasteiger partial charge in [0.2, 0.25) is 0 Å². The van der Waals surface area contributed by atoms with Crippen molar-refractivity contribution in [3.05, 3.63) is 30.3 Å². The minimum atomic E-state index is -3.94. The fourth-order valence-corrected chi connectivity index (χ4v) is 1.21. The first-order valence-corrected chi connectivity index (χ1v) is 4.21. The van der Waals surface area contributed by atoms with E-state index in [4.69, 9.17) is 5.26 Å². The van der Waals surface area contributed by atoms with Gasteiger partial charge in [0.05, 0.1) is 4.90 Å². The van der Waals surface area contributed by atoms with Crippen LogP contribution in [0, 0.1) is 0 Å². The van der Waals surface area contributed by atoms with Crippen molar-refractivity contribution in [3.8, 4) is 0 Å². The Balaban J connectivity index is 0.00000121. The zero-order valence-corrected chi connectivity index (χ0v) is 9.28. The molecule has 0 aromatic heterocycles. The molecule has 0 aliphatic carbocycles. The molecule has 1 aromatic rings. The van der Waals surface area contributed by atoms with Gasteiger partial charge in [-0.05, 0) is 12.1 Å². The predicted molar refractivity (Wildman–Crippen MR) is 43.1 cm³/mol. The summed E-state index contributed by atoms with van der Waals surface area (Å²) in [5.41, 5.74) is 0. The van der Waals surface area contributed by atoms with Gasteiger partial charge in [-0.25, -0.2) is 5.26 Å². The van der Waals surface area contributed by atoms with Gasteiger partial charge in [0.15, 0.2) is 0 Å². The summed E-state index contributed by atoms with van der Waals surface area (Å²) >= 11 is 0. The standard InChI is InChI=1S/C6H6O4S.Na/c7-10-11(8,9)6-4-2-1-3-5-6;/h1-5,7H;. The third kappa shape index (κ3) is 2.85. The first-order valence-electron chi connectivity index (χ1n) is 2.80. The molecule has 0 fully saturated rings. The number of hydrogen-bond acceptors (Lipinski definition) is 4. The van der Waals surface area contributed by atoms with Crippen LogP contribution in [0.1, 0.15) is 0 Å². The Bertz CT molecular complexity index is 321. The Hall–Kier alpha value is 0.0900. The van der Waals surface area contributed by atoms with Gasteiger partial charge in [-0.1, -0.05) is 18.2 Å². The van der Waals surface area contributed by atoms with Crippen LogP contribution in [0.2, 0.25) is 0 Å². The van der Waals surface area contributed by atoms with Gasteiger partial charge in [0.1, 0.15) is 0 Å². The maximum absolute atomic E-state index is 10.7. The molecule has 4 nitrogen and oxygen atoms in total. The molecule has 0 saturated carbocycles. The number of benzene rings is 1. The second kappa shape index (κ2) is 4.96. The fourth-order valence-electron chi connectivity index (χ4n) is 0.630. The Labute approximate surface area is 92.5 Å². The monoisotopic (exact) mass is 197 g/mol. The Morgan fingerprint density at radius 1 is 1.17 bits per heavy atom. The third-order valence-corrected chi connectivity index (χ3v) is 2.18. The number of rotatable bonds is 2. The van der Waals surface area contributed by atoms with E-state index in [2.05, 4.69) is 4.33 Å². The summed E-state index contributed by atoms with van der Waals surface area (Å²) in [6.07, 6.45) is 0. The third-order valence-electron chi connectivity index (χ3n) is 1.13. The van der Waals surface area contributed by atoms with Crippen LogP contribution in [0.5, 0.6) is 0 Å². The van der Waals surface area contributed by atoms with E-state index in [1.54, 1.807) is 6.07 Å². The molecular weight excluding hydrogens is 191 g/mol. The van der Waals surface area contributed by atoms with Crippen LogP contribution in [0.25, 0.3) is 0 Å². The van der Waals surface area contributed by atoms with Gasteiger partial charge >= 0.3 is 10.1 Å². The molecule has 1 N–H and O–H groups in total. The van der Waals surface area contributed by atoms with E-state index in [9.17, 15) is 8.42 Å². The van der Waals surface area contributed by atoms with Crippen LogP contribution in [-0.2, 0) is 14.5 Å². The van der Waals surface area contributed by atoms with Crippen LogP contribution < -0.4 is 0 Å². The molecule has 0 atom stereocenters. The summed E-state index contributed by atoms with van der Waals surface area (Å²) in [5, 5.41) is 7.96. The van der Waals surface area contributed by atoms with Crippen molar-refractivity contribution in [1.29, 1.82) is 0 Å². The van der Waals surface area contributed by atoms with Crippen LogP contribution in [0.3, 0.4) is 0 Å². The number of hydrogen-bond donors (Lipinski definition) is 1. The molecule has 0 heterocycles. The predicted octanol–water partition coefficient (Wildman–Crippen LogP) is 0.484. The van der Waals surface area contributed by atoms with E-state index in [0.29, 0.717) is 0 Å². The fraction of sp³-hybridized carbons (Fsp3) is 0. The van der Waals surface area contributed by atoms with Crippen LogP contribution in [0.15, 0.2) is 35.2 Å². The van der Waals surface area contributed by atoms with E-state index in [1.807, 2.05) is 0 Å². The summed E-state index contributed by atoms with van der Waals surface area (Å²) in [7, 11) is -3.94. The van der Waals surface area contributed by atoms with Crippen LogP contribution >= 0.6 is 0 Å². The summed E-state index contributed by atoms with van der Waals surface area (Å²) in [6, 6.07) is 7.38. The Morgan fingerprint density at radius 2 is 1.67 bits per heavy atom. The molecule has 0 amide bonds. The van der Waals surface area contributed by atoms with E-state index < -0.39 is 10.1 Å². The van der Waals surface area contributed by atoms with Crippen molar-refractivity contribution in [3.63, 3.8) is 0 Å². The second-order valence-electron chi connectivity index (χ2n) is 1.84. The average molecular weight is 197 g/mol. The molecule has 61 valence electrons. The minimum Gasteiger partial charge on any atom is -0.235 e. The summed E-state index contributed by atoms with van der Waals surface area (Å²) in [6.45, 7) is 0. The average Bonchev–Trinajstić information content (AvgIpc) is 2.06. The maximum atomic E-state index is 10.7. The largest absolute Gasteiger partial charge is 0.323 e.